The highest BCUT2D eigenvalue weighted by molar-refractivity contribution is 7.15. The molecule has 4 nitrogen and oxygen atoms in total. The molecule has 0 aliphatic heterocycles. The number of alkyl halides is 3. The smallest absolute Gasteiger partial charge is 0.416 e. The summed E-state index contributed by atoms with van der Waals surface area (Å²) < 4.78 is 40.4. The molecule has 0 radical (unpaired) electrons. The molecule has 0 amide bonds. The maximum absolute atomic E-state index is 12.8. The van der Waals surface area contributed by atoms with Crippen LogP contribution in [-0.4, -0.2) is 20.6 Å². The van der Waals surface area contributed by atoms with Crippen LogP contribution in [0.15, 0.2) is 54.6 Å². The summed E-state index contributed by atoms with van der Waals surface area (Å²) in [5, 5.41) is 10.9. The summed E-state index contributed by atoms with van der Waals surface area (Å²) in [5.74, 6) is -0.886. The largest absolute Gasteiger partial charge is 0.481 e. The molecule has 0 unspecified atom stereocenters. The number of halogens is 3. The first-order valence-corrected chi connectivity index (χ1v) is 10.5. The van der Waals surface area contributed by atoms with Crippen molar-refractivity contribution in [3.8, 4) is 10.6 Å². The number of thiazole rings is 1. The Labute approximate surface area is 180 Å². The van der Waals surface area contributed by atoms with Gasteiger partial charge in [0.1, 0.15) is 5.01 Å². The standard InChI is InChI=1S/C23H19F3N2O2S/c1-14-20(31-22(27-14)15-6-8-17(9-7-15)23(24,25)26)10-11-28-18(13-21(29)30)12-16-4-2-3-5-19(16)28/h2-9,12H,10-11,13H2,1H3,(H,29,30). The molecule has 4 rings (SSSR count). The van der Waals surface area contributed by atoms with E-state index in [2.05, 4.69) is 4.98 Å². The summed E-state index contributed by atoms with van der Waals surface area (Å²) in [4.78, 5) is 16.8. The molecule has 4 aromatic rings. The Hall–Kier alpha value is -3.13. The lowest BCUT2D eigenvalue weighted by molar-refractivity contribution is -0.138. The van der Waals surface area contributed by atoms with Gasteiger partial charge in [-0.1, -0.05) is 30.3 Å². The summed E-state index contributed by atoms with van der Waals surface area (Å²) in [6, 6.07) is 14.7. The van der Waals surface area contributed by atoms with Crippen molar-refractivity contribution < 1.29 is 23.1 Å². The molecular formula is C23H19F3N2O2S. The molecule has 2 heterocycles. The third-order valence-electron chi connectivity index (χ3n) is 5.14. The fraction of sp³-hybridized carbons (Fsp3) is 0.217. The van der Waals surface area contributed by atoms with Crippen LogP contribution in [0.5, 0.6) is 0 Å². The molecule has 8 heteroatoms. The Kier molecular flexibility index (Phi) is 5.58. The van der Waals surface area contributed by atoms with Gasteiger partial charge in [0.05, 0.1) is 17.7 Å². The van der Waals surface area contributed by atoms with Crippen LogP contribution in [0.3, 0.4) is 0 Å². The number of carboxylic acids is 1. The zero-order chi connectivity index (χ0) is 22.2. The molecule has 0 aliphatic carbocycles. The van der Waals surface area contributed by atoms with Crippen LogP contribution >= 0.6 is 11.3 Å². The lowest BCUT2D eigenvalue weighted by Crippen LogP contribution is -2.09. The third kappa shape index (κ3) is 4.49. The minimum Gasteiger partial charge on any atom is -0.481 e. The van der Waals surface area contributed by atoms with E-state index in [1.165, 1.54) is 23.5 Å². The fourth-order valence-electron chi connectivity index (χ4n) is 3.63. The van der Waals surface area contributed by atoms with E-state index in [1.54, 1.807) is 0 Å². The van der Waals surface area contributed by atoms with E-state index in [1.807, 2.05) is 41.8 Å². The Balaban J connectivity index is 1.58. The van der Waals surface area contributed by atoms with Gasteiger partial charge in [-0.15, -0.1) is 11.3 Å². The van der Waals surface area contributed by atoms with Crippen LogP contribution in [0.25, 0.3) is 21.5 Å². The number of aliphatic carboxylic acids is 1. The molecule has 0 fully saturated rings. The summed E-state index contributed by atoms with van der Waals surface area (Å²) >= 11 is 1.45. The molecule has 0 bridgehead atoms. The number of fused-ring (bicyclic) bond motifs is 1. The molecule has 2 aromatic heterocycles. The first kappa shape index (κ1) is 21.1. The number of para-hydroxylation sites is 1. The van der Waals surface area contributed by atoms with Gasteiger partial charge in [0.15, 0.2) is 0 Å². The fourth-order valence-corrected chi connectivity index (χ4v) is 4.69. The molecule has 0 saturated carbocycles. The molecule has 0 saturated heterocycles. The van der Waals surface area contributed by atoms with Gasteiger partial charge in [-0.2, -0.15) is 13.2 Å². The SMILES string of the molecule is Cc1nc(-c2ccc(C(F)(F)F)cc2)sc1CCn1c(CC(=O)O)cc2ccccc21. The van der Waals surface area contributed by atoms with Gasteiger partial charge in [0, 0.05) is 34.6 Å². The number of hydrogen-bond donors (Lipinski definition) is 1. The number of carboxylic acid groups (broad SMARTS) is 1. The maximum atomic E-state index is 12.8. The van der Waals surface area contributed by atoms with Crippen molar-refractivity contribution in [3.63, 3.8) is 0 Å². The second-order valence-corrected chi connectivity index (χ2v) is 8.35. The van der Waals surface area contributed by atoms with Gasteiger partial charge in [-0.25, -0.2) is 4.98 Å². The first-order chi connectivity index (χ1) is 14.7. The number of aryl methyl sites for hydroxylation is 3. The lowest BCUT2D eigenvalue weighted by Gasteiger charge is -2.09. The number of carbonyl (C=O) groups is 1. The first-order valence-electron chi connectivity index (χ1n) is 9.65. The Morgan fingerprint density at radius 1 is 1.13 bits per heavy atom. The van der Waals surface area contributed by atoms with Gasteiger partial charge in [0.2, 0.25) is 0 Å². The van der Waals surface area contributed by atoms with E-state index < -0.39 is 17.7 Å². The second kappa shape index (κ2) is 8.19. The Morgan fingerprint density at radius 3 is 2.52 bits per heavy atom. The molecule has 0 spiro atoms. The number of nitrogens with zero attached hydrogens (tertiary/aromatic N) is 2. The molecular weight excluding hydrogens is 425 g/mol. The van der Waals surface area contributed by atoms with E-state index in [9.17, 15) is 23.1 Å². The van der Waals surface area contributed by atoms with Crippen LogP contribution in [0.1, 0.15) is 21.8 Å². The average Bonchev–Trinajstić information content (AvgIpc) is 3.25. The molecule has 2 aromatic carbocycles. The molecule has 160 valence electrons. The number of benzene rings is 2. The Bertz CT molecular complexity index is 1240. The van der Waals surface area contributed by atoms with Gasteiger partial charge < -0.3 is 9.67 Å². The Morgan fingerprint density at radius 2 is 1.84 bits per heavy atom. The minimum absolute atomic E-state index is 0.0623. The van der Waals surface area contributed by atoms with Crippen LogP contribution < -0.4 is 0 Å². The topological polar surface area (TPSA) is 55.1 Å². The molecule has 31 heavy (non-hydrogen) atoms. The summed E-state index contributed by atoms with van der Waals surface area (Å²) in [6.07, 6.45) is -3.78. The number of hydrogen-bond acceptors (Lipinski definition) is 3. The summed E-state index contributed by atoms with van der Waals surface area (Å²) in [5.41, 5.74) is 2.50. The van der Waals surface area contributed by atoms with Gasteiger partial charge >= 0.3 is 12.1 Å². The quantitative estimate of drug-likeness (QED) is 0.399. The third-order valence-corrected chi connectivity index (χ3v) is 6.41. The van der Waals surface area contributed by atoms with Crippen molar-refractivity contribution in [2.45, 2.75) is 32.5 Å². The van der Waals surface area contributed by atoms with Gasteiger partial charge in [-0.05, 0) is 36.6 Å². The predicted molar refractivity (Wildman–Crippen MR) is 114 cm³/mol. The maximum Gasteiger partial charge on any atom is 0.416 e. The zero-order valence-electron chi connectivity index (χ0n) is 16.6. The molecule has 0 aliphatic rings. The highest BCUT2D eigenvalue weighted by Crippen LogP contribution is 2.33. The normalized spacial score (nSPS) is 11.9. The van der Waals surface area contributed by atoms with Crippen molar-refractivity contribution in [3.05, 3.63) is 76.4 Å². The molecule has 1 N–H and O–H groups in total. The summed E-state index contributed by atoms with van der Waals surface area (Å²) in [6.45, 7) is 2.47. The van der Waals surface area contributed by atoms with Crippen molar-refractivity contribution in [2.24, 2.45) is 0 Å². The minimum atomic E-state index is -4.37. The number of aromatic nitrogens is 2. The van der Waals surface area contributed by atoms with Crippen molar-refractivity contribution >= 4 is 28.2 Å². The second-order valence-electron chi connectivity index (χ2n) is 7.27. The lowest BCUT2D eigenvalue weighted by atomic mass is 10.1. The predicted octanol–water partition coefficient (Wildman–Crippen LogP) is 5.96. The number of rotatable bonds is 6. The van der Waals surface area contributed by atoms with E-state index in [0.717, 1.165) is 39.3 Å². The van der Waals surface area contributed by atoms with Crippen molar-refractivity contribution in [1.82, 2.24) is 9.55 Å². The monoisotopic (exact) mass is 444 g/mol. The highest BCUT2D eigenvalue weighted by atomic mass is 32.1. The molecule has 0 atom stereocenters. The average molecular weight is 444 g/mol. The van der Waals surface area contributed by atoms with Gasteiger partial charge in [-0.3, -0.25) is 4.79 Å². The van der Waals surface area contributed by atoms with Gasteiger partial charge in [0.25, 0.3) is 0 Å². The van der Waals surface area contributed by atoms with Crippen LogP contribution in [-0.2, 0) is 30.4 Å². The van der Waals surface area contributed by atoms with Crippen molar-refractivity contribution in [2.75, 3.05) is 0 Å². The van der Waals surface area contributed by atoms with E-state index in [-0.39, 0.29) is 6.42 Å². The zero-order valence-corrected chi connectivity index (χ0v) is 17.4. The van der Waals surface area contributed by atoms with E-state index >= 15 is 0 Å². The van der Waals surface area contributed by atoms with E-state index in [4.69, 9.17) is 0 Å². The van der Waals surface area contributed by atoms with Crippen molar-refractivity contribution in [1.29, 1.82) is 0 Å². The van der Waals surface area contributed by atoms with E-state index in [0.29, 0.717) is 23.5 Å². The van der Waals surface area contributed by atoms with Crippen LogP contribution in [0, 0.1) is 6.92 Å². The summed E-state index contributed by atoms with van der Waals surface area (Å²) in [7, 11) is 0. The van der Waals surface area contributed by atoms with Crippen LogP contribution in [0.2, 0.25) is 0 Å². The highest BCUT2D eigenvalue weighted by Gasteiger charge is 2.30. The van der Waals surface area contributed by atoms with Crippen LogP contribution in [0.4, 0.5) is 13.2 Å².